The highest BCUT2D eigenvalue weighted by Crippen LogP contribution is 2.31. The number of aromatic nitrogens is 1. The number of carbonyl (C=O) groups is 1. The summed E-state index contributed by atoms with van der Waals surface area (Å²) in [6.45, 7) is 0. The number of carbonyl (C=O) groups excluding carboxylic acids is 1. The number of oxazole rings is 1. The first-order chi connectivity index (χ1) is 14.5. The molecule has 1 aromatic heterocycles. The van der Waals surface area contributed by atoms with Gasteiger partial charge in [0.05, 0.1) is 0 Å². The standard InChI is InChI=1S/C25H21F2NO2/c26-25(27,24-28-21-14-6-7-16-23(21)30-24)17-8-2-1-3-15-22(29)20-13-9-11-18-10-4-5-12-19(18)20/h4-14,16-17H,1-3,15H2/b17-8+. The average molecular weight is 405 g/mol. The van der Waals surface area contributed by atoms with E-state index in [2.05, 4.69) is 4.98 Å². The third-order valence-electron chi connectivity index (χ3n) is 5.02. The molecule has 0 fully saturated rings. The summed E-state index contributed by atoms with van der Waals surface area (Å²) in [6.07, 6.45) is 4.39. The van der Waals surface area contributed by atoms with E-state index in [1.807, 2.05) is 42.5 Å². The van der Waals surface area contributed by atoms with Crippen LogP contribution in [-0.2, 0) is 5.92 Å². The van der Waals surface area contributed by atoms with Crippen LogP contribution in [0.4, 0.5) is 8.78 Å². The van der Waals surface area contributed by atoms with Crippen LogP contribution in [0.1, 0.15) is 41.9 Å². The number of para-hydroxylation sites is 2. The third kappa shape index (κ3) is 4.30. The second-order valence-corrected chi connectivity index (χ2v) is 7.21. The monoisotopic (exact) mass is 405 g/mol. The number of benzene rings is 3. The zero-order valence-corrected chi connectivity index (χ0v) is 16.4. The van der Waals surface area contributed by atoms with Crippen LogP contribution in [0.15, 0.2) is 83.3 Å². The Bertz CT molecular complexity index is 1170. The molecule has 4 aromatic rings. The van der Waals surface area contributed by atoms with Gasteiger partial charge in [-0.15, -0.1) is 0 Å². The van der Waals surface area contributed by atoms with Crippen molar-refractivity contribution in [2.75, 3.05) is 0 Å². The molecule has 0 aliphatic rings. The van der Waals surface area contributed by atoms with E-state index < -0.39 is 11.8 Å². The molecular weight excluding hydrogens is 384 g/mol. The van der Waals surface area contributed by atoms with Gasteiger partial charge in [-0.2, -0.15) is 8.78 Å². The second-order valence-electron chi connectivity index (χ2n) is 7.21. The number of rotatable bonds is 8. The minimum Gasteiger partial charge on any atom is -0.435 e. The molecule has 0 unspecified atom stereocenters. The van der Waals surface area contributed by atoms with E-state index >= 15 is 0 Å². The number of ketones is 1. The zero-order chi connectivity index (χ0) is 21.0. The van der Waals surface area contributed by atoms with Crippen LogP contribution in [0.3, 0.4) is 0 Å². The largest absolute Gasteiger partial charge is 0.435 e. The van der Waals surface area contributed by atoms with Crippen molar-refractivity contribution >= 4 is 27.7 Å². The van der Waals surface area contributed by atoms with Crippen LogP contribution in [0.2, 0.25) is 0 Å². The van der Waals surface area contributed by atoms with E-state index in [0.717, 1.165) is 16.8 Å². The lowest BCUT2D eigenvalue weighted by Crippen LogP contribution is -2.09. The molecule has 0 radical (unpaired) electrons. The maximum Gasteiger partial charge on any atom is 0.340 e. The van der Waals surface area contributed by atoms with Gasteiger partial charge in [-0.1, -0.05) is 60.7 Å². The Balaban J connectivity index is 1.30. The summed E-state index contributed by atoms with van der Waals surface area (Å²) in [5.41, 5.74) is 1.46. The zero-order valence-electron chi connectivity index (χ0n) is 16.4. The number of allylic oxidation sites excluding steroid dienone is 2. The summed E-state index contributed by atoms with van der Waals surface area (Å²) in [4.78, 5) is 16.4. The number of Topliss-reactive ketones (excluding diaryl/α,β-unsaturated/α-hetero) is 1. The van der Waals surface area contributed by atoms with Crippen molar-refractivity contribution in [2.45, 2.75) is 31.6 Å². The fourth-order valence-corrected chi connectivity index (χ4v) is 3.47. The van der Waals surface area contributed by atoms with Crippen LogP contribution in [0.25, 0.3) is 21.9 Å². The normalized spacial score (nSPS) is 12.2. The van der Waals surface area contributed by atoms with Crippen LogP contribution in [0, 0.1) is 0 Å². The maximum atomic E-state index is 14.3. The van der Waals surface area contributed by atoms with E-state index in [1.165, 1.54) is 6.08 Å². The summed E-state index contributed by atoms with van der Waals surface area (Å²) >= 11 is 0. The molecule has 5 heteroatoms. The Morgan fingerprint density at radius 3 is 2.60 bits per heavy atom. The van der Waals surface area contributed by atoms with E-state index in [1.54, 1.807) is 24.3 Å². The number of alkyl halides is 2. The highest BCUT2D eigenvalue weighted by molar-refractivity contribution is 6.08. The van der Waals surface area contributed by atoms with Crippen molar-refractivity contribution < 1.29 is 18.0 Å². The molecule has 1 heterocycles. The Labute approximate surface area is 173 Å². The Kier molecular flexibility index (Phi) is 5.70. The summed E-state index contributed by atoms with van der Waals surface area (Å²) < 4.78 is 33.8. The van der Waals surface area contributed by atoms with Gasteiger partial charge < -0.3 is 4.42 Å². The van der Waals surface area contributed by atoms with E-state index in [9.17, 15) is 13.6 Å². The van der Waals surface area contributed by atoms with Gasteiger partial charge in [0.1, 0.15) is 5.52 Å². The lowest BCUT2D eigenvalue weighted by Gasteiger charge is -2.07. The number of hydrogen-bond acceptors (Lipinski definition) is 3. The lowest BCUT2D eigenvalue weighted by atomic mass is 9.98. The fraction of sp³-hybridized carbons (Fsp3) is 0.200. The van der Waals surface area contributed by atoms with Gasteiger partial charge in [-0.25, -0.2) is 4.98 Å². The fourth-order valence-electron chi connectivity index (χ4n) is 3.47. The molecular formula is C25H21F2NO2. The third-order valence-corrected chi connectivity index (χ3v) is 5.02. The lowest BCUT2D eigenvalue weighted by molar-refractivity contribution is 0.0231. The smallest absolute Gasteiger partial charge is 0.340 e. The average Bonchev–Trinajstić information content (AvgIpc) is 3.21. The van der Waals surface area contributed by atoms with Crippen molar-refractivity contribution in [2.24, 2.45) is 0 Å². The number of halogens is 2. The minimum atomic E-state index is -3.27. The first-order valence-electron chi connectivity index (χ1n) is 9.97. The van der Waals surface area contributed by atoms with E-state index in [0.29, 0.717) is 42.3 Å². The molecule has 0 N–H and O–H groups in total. The molecule has 30 heavy (non-hydrogen) atoms. The van der Waals surface area contributed by atoms with Gasteiger partial charge in [-0.3, -0.25) is 4.79 Å². The molecule has 0 aliphatic heterocycles. The molecule has 0 saturated carbocycles. The van der Waals surface area contributed by atoms with Gasteiger partial charge >= 0.3 is 5.92 Å². The molecule has 0 amide bonds. The Morgan fingerprint density at radius 1 is 0.967 bits per heavy atom. The Morgan fingerprint density at radius 2 is 1.73 bits per heavy atom. The molecule has 0 saturated heterocycles. The number of fused-ring (bicyclic) bond motifs is 2. The van der Waals surface area contributed by atoms with Crippen molar-refractivity contribution in [1.29, 1.82) is 0 Å². The quantitative estimate of drug-likeness (QED) is 0.179. The van der Waals surface area contributed by atoms with E-state index in [4.69, 9.17) is 4.42 Å². The molecule has 4 rings (SSSR count). The number of hydrogen-bond donors (Lipinski definition) is 0. The van der Waals surface area contributed by atoms with Gasteiger partial charge in [0.2, 0.25) is 0 Å². The van der Waals surface area contributed by atoms with Crippen LogP contribution in [0.5, 0.6) is 0 Å². The SMILES string of the molecule is O=C(CCCC/C=C/C(F)(F)c1nc2ccccc2o1)c1cccc2ccccc12. The Hall–Kier alpha value is -3.34. The van der Waals surface area contributed by atoms with Crippen LogP contribution in [-0.4, -0.2) is 10.8 Å². The summed E-state index contributed by atoms with van der Waals surface area (Å²) in [5, 5.41) is 1.98. The van der Waals surface area contributed by atoms with Crippen molar-refractivity contribution in [1.82, 2.24) is 4.98 Å². The molecule has 0 spiro atoms. The maximum absolute atomic E-state index is 14.3. The molecule has 3 nitrogen and oxygen atoms in total. The highest BCUT2D eigenvalue weighted by atomic mass is 19.3. The van der Waals surface area contributed by atoms with E-state index in [-0.39, 0.29) is 5.78 Å². The van der Waals surface area contributed by atoms with Crippen molar-refractivity contribution in [3.63, 3.8) is 0 Å². The van der Waals surface area contributed by atoms with Gasteiger partial charge in [-0.05, 0) is 48.2 Å². The van der Waals surface area contributed by atoms with Gasteiger partial charge in [0.25, 0.3) is 5.89 Å². The predicted octanol–water partition coefficient (Wildman–Crippen LogP) is 7.07. The number of unbranched alkanes of at least 4 members (excludes halogenated alkanes) is 2. The molecule has 0 bridgehead atoms. The first kappa shape index (κ1) is 20.0. The first-order valence-corrected chi connectivity index (χ1v) is 9.97. The highest BCUT2D eigenvalue weighted by Gasteiger charge is 2.34. The van der Waals surface area contributed by atoms with Crippen molar-refractivity contribution in [3.8, 4) is 0 Å². The second kappa shape index (κ2) is 8.57. The molecule has 0 aliphatic carbocycles. The van der Waals surface area contributed by atoms with Crippen molar-refractivity contribution in [3.05, 3.63) is 90.3 Å². The van der Waals surface area contributed by atoms with Gasteiger partial charge in [0.15, 0.2) is 11.4 Å². The number of nitrogens with zero attached hydrogens (tertiary/aromatic N) is 1. The van der Waals surface area contributed by atoms with Crippen LogP contribution >= 0.6 is 0 Å². The summed E-state index contributed by atoms with van der Waals surface area (Å²) in [7, 11) is 0. The molecule has 0 atom stereocenters. The van der Waals surface area contributed by atoms with Crippen LogP contribution < -0.4 is 0 Å². The minimum absolute atomic E-state index is 0.0765. The summed E-state index contributed by atoms with van der Waals surface area (Å²) in [6, 6.07) is 20.2. The molecule has 152 valence electrons. The molecule has 3 aromatic carbocycles. The summed E-state index contributed by atoms with van der Waals surface area (Å²) in [5.74, 6) is -3.80. The topological polar surface area (TPSA) is 43.1 Å². The predicted molar refractivity (Wildman–Crippen MR) is 114 cm³/mol. The van der Waals surface area contributed by atoms with Gasteiger partial charge in [0, 0.05) is 12.0 Å².